The van der Waals surface area contributed by atoms with E-state index in [2.05, 4.69) is 5.32 Å². The Labute approximate surface area is 134 Å². The average molecular weight is 334 g/mol. The van der Waals surface area contributed by atoms with Crippen LogP contribution in [0.25, 0.3) is 0 Å². The number of carbonyl (C=O) groups is 1. The van der Waals surface area contributed by atoms with Crippen molar-refractivity contribution in [3.05, 3.63) is 0 Å². The van der Waals surface area contributed by atoms with E-state index in [1.807, 2.05) is 0 Å². The van der Waals surface area contributed by atoms with Crippen molar-refractivity contribution in [2.45, 2.75) is 63.3 Å². The van der Waals surface area contributed by atoms with Crippen LogP contribution in [0.5, 0.6) is 0 Å². The van der Waals surface area contributed by atoms with Gasteiger partial charge in [0.25, 0.3) is 0 Å². The lowest BCUT2D eigenvalue weighted by molar-refractivity contribution is -0.233. The Hall–Kier alpha value is -0.980. The Bertz CT molecular complexity index is 430. The number of fused-ring (bicyclic) bond motifs is 1. The number of hydrogen-bond acceptors (Lipinski definition) is 2. The van der Waals surface area contributed by atoms with E-state index in [9.17, 15) is 18.0 Å². The summed E-state index contributed by atoms with van der Waals surface area (Å²) in [5.41, 5.74) is 0. The smallest absolute Gasteiger partial charge is 0.365 e. The fraction of sp³-hybridized carbons (Fsp3) is 0.938. The van der Waals surface area contributed by atoms with Gasteiger partial charge in [-0.15, -0.1) is 0 Å². The van der Waals surface area contributed by atoms with Gasteiger partial charge in [-0.25, -0.2) is 4.79 Å². The second-order valence-electron chi connectivity index (χ2n) is 7.11. The molecule has 0 aromatic carbocycles. The molecule has 0 radical (unpaired) electrons. The summed E-state index contributed by atoms with van der Waals surface area (Å²) in [6.45, 7) is -0.252. The van der Waals surface area contributed by atoms with Crippen LogP contribution in [0.1, 0.15) is 44.9 Å². The van der Waals surface area contributed by atoms with Crippen LogP contribution in [0.3, 0.4) is 0 Å². The predicted octanol–water partition coefficient (Wildman–Crippen LogP) is 3.32. The lowest BCUT2D eigenvalue weighted by atomic mass is 9.69. The number of morpholine rings is 1. The Morgan fingerprint density at radius 3 is 2.57 bits per heavy atom. The standard InChI is InChI=1S/C16H25F3N2O2/c17-16(18,19)14-10-21(7-8-23-14)15(22)20-13-6-5-11-3-1-2-4-12(11)9-13/h11-14H,1-10H2,(H,20,22). The van der Waals surface area contributed by atoms with Gasteiger partial charge in [0.15, 0.2) is 6.10 Å². The highest BCUT2D eigenvalue weighted by Crippen LogP contribution is 2.40. The van der Waals surface area contributed by atoms with Gasteiger partial charge in [0.05, 0.1) is 13.2 Å². The van der Waals surface area contributed by atoms with Crippen molar-refractivity contribution in [2.24, 2.45) is 11.8 Å². The topological polar surface area (TPSA) is 41.6 Å². The number of carbonyl (C=O) groups excluding carboxylic acids is 1. The maximum absolute atomic E-state index is 12.7. The molecule has 0 spiro atoms. The van der Waals surface area contributed by atoms with Crippen LogP contribution in [-0.4, -0.2) is 48.9 Å². The van der Waals surface area contributed by atoms with E-state index in [0.717, 1.165) is 25.2 Å². The number of urea groups is 1. The van der Waals surface area contributed by atoms with Crippen molar-refractivity contribution >= 4 is 6.03 Å². The molecular formula is C16H25F3N2O2. The van der Waals surface area contributed by atoms with E-state index in [1.165, 1.54) is 30.6 Å². The molecule has 0 aromatic heterocycles. The van der Waals surface area contributed by atoms with Gasteiger partial charge < -0.3 is 15.0 Å². The molecule has 23 heavy (non-hydrogen) atoms. The van der Waals surface area contributed by atoms with Crippen LogP contribution in [0.2, 0.25) is 0 Å². The minimum Gasteiger partial charge on any atom is -0.365 e. The fourth-order valence-electron chi connectivity index (χ4n) is 4.30. The zero-order valence-corrected chi connectivity index (χ0v) is 13.3. The zero-order valence-electron chi connectivity index (χ0n) is 13.3. The Morgan fingerprint density at radius 2 is 1.83 bits per heavy atom. The highest BCUT2D eigenvalue weighted by molar-refractivity contribution is 5.74. The van der Waals surface area contributed by atoms with Crippen molar-refractivity contribution in [2.75, 3.05) is 19.7 Å². The molecule has 0 bridgehead atoms. The zero-order chi connectivity index (χ0) is 16.4. The maximum atomic E-state index is 12.7. The monoisotopic (exact) mass is 334 g/mol. The Kier molecular flexibility index (Phi) is 5.04. The molecule has 4 unspecified atom stereocenters. The molecule has 1 aliphatic heterocycles. The van der Waals surface area contributed by atoms with Crippen molar-refractivity contribution in [3.63, 3.8) is 0 Å². The first kappa shape index (κ1) is 16.9. The van der Waals surface area contributed by atoms with Crippen molar-refractivity contribution < 1.29 is 22.7 Å². The molecule has 2 saturated carbocycles. The van der Waals surface area contributed by atoms with E-state index in [1.54, 1.807) is 0 Å². The first-order chi connectivity index (χ1) is 10.9. The minimum atomic E-state index is -4.42. The number of amides is 2. The van der Waals surface area contributed by atoms with E-state index in [-0.39, 0.29) is 25.2 Å². The second-order valence-corrected chi connectivity index (χ2v) is 7.11. The van der Waals surface area contributed by atoms with Gasteiger partial charge in [-0.1, -0.05) is 25.7 Å². The van der Waals surface area contributed by atoms with Gasteiger partial charge >= 0.3 is 12.2 Å². The summed E-state index contributed by atoms with van der Waals surface area (Å²) >= 11 is 0. The number of halogens is 3. The normalized spacial score (nSPS) is 35.5. The van der Waals surface area contributed by atoms with E-state index in [0.29, 0.717) is 5.92 Å². The Morgan fingerprint density at radius 1 is 1.09 bits per heavy atom. The molecule has 2 amide bonds. The Balaban J connectivity index is 1.50. The van der Waals surface area contributed by atoms with Crippen molar-refractivity contribution in [1.82, 2.24) is 10.2 Å². The van der Waals surface area contributed by atoms with Gasteiger partial charge in [0.1, 0.15) is 0 Å². The highest BCUT2D eigenvalue weighted by Gasteiger charge is 2.44. The summed E-state index contributed by atoms with van der Waals surface area (Å²) in [6, 6.07) is -0.268. The quantitative estimate of drug-likeness (QED) is 0.799. The molecule has 1 N–H and O–H groups in total. The summed E-state index contributed by atoms with van der Waals surface area (Å²) in [5, 5.41) is 2.96. The van der Waals surface area contributed by atoms with Crippen LogP contribution in [0.15, 0.2) is 0 Å². The number of rotatable bonds is 1. The third kappa shape index (κ3) is 4.11. The number of ether oxygens (including phenoxy) is 1. The van der Waals surface area contributed by atoms with Gasteiger partial charge in [-0.2, -0.15) is 13.2 Å². The molecule has 132 valence electrons. The first-order valence-corrected chi connectivity index (χ1v) is 8.67. The number of nitrogens with one attached hydrogen (secondary N) is 1. The number of hydrogen-bond donors (Lipinski definition) is 1. The summed E-state index contributed by atoms with van der Waals surface area (Å²) in [4.78, 5) is 13.5. The molecular weight excluding hydrogens is 309 g/mol. The molecule has 7 heteroatoms. The molecule has 2 aliphatic carbocycles. The van der Waals surface area contributed by atoms with Gasteiger partial charge in [-0.3, -0.25) is 0 Å². The van der Waals surface area contributed by atoms with Crippen LogP contribution in [0.4, 0.5) is 18.0 Å². The summed E-state index contributed by atoms with van der Waals surface area (Å²) in [5.74, 6) is 1.46. The molecule has 1 heterocycles. The largest absolute Gasteiger partial charge is 0.416 e. The summed E-state index contributed by atoms with van der Waals surface area (Å²) in [7, 11) is 0. The van der Waals surface area contributed by atoms with Crippen LogP contribution in [-0.2, 0) is 4.74 Å². The second kappa shape index (κ2) is 6.87. The SMILES string of the molecule is O=C(NC1CCC2CCCCC2C1)N1CCOC(C(F)(F)F)C1. The van der Waals surface area contributed by atoms with Crippen LogP contribution < -0.4 is 5.32 Å². The maximum Gasteiger partial charge on any atom is 0.416 e. The van der Waals surface area contributed by atoms with Crippen LogP contribution in [0, 0.1) is 11.8 Å². The molecule has 3 aliphatic rings. The summed E-state index contributed by atoms with van der Waals surface area (Å²) in [6.07, 6.45) is 1.86. The fourth-order valence-corrected chi connectivity index (χ4v) is 4.30. The van der Waals surface area contributed by atoms with Crippen LogP contribution >= 0.6 is 0 Å². The molecule has 3 fully saturated rings. The first-order valence-electron chi connectivity index (χ1n) is 8.67. The number of alkyl halides is 3. The molecule has 3 rings (SSSR count). The van der Waals surface area contributed by atoms with Crippen molar-refractivity contribution in [3.8, 4) is 0 Å². The van der Waals surface area contributed by atoms with E-state index < -0.39 is 18.8 Å². The van der Waals surface area contributed by atoms with E-state index in [4.69, 9.17) is 4.74 Å². The lowest BCUT2D eigenvalue weighted by Gasteiger charge is -2.40. The molecule has 4 nitrogen and oxygen atoms in total. The van der Waals surface area contributed by atoms with E-state index >= 15 is 0 Å². The third-order valence-electron chi connectivity index (χ3n) is 5.59. The van der Waals surface area contributed by atoms with Gasteiger partial charge in [0.2, 0.25) is 0 Å². The number of nitrogens with zero attached hydrogens (tertiary/aromatic N) is 1. The molecule has 1 saturated heterocycles. The predicted molar refractivity (Wildman–Crippen MR) is 79.0 cm³/mol. The van der Waals surface area contributed by atoms with Crippen molar-refractivity contribution in [1.29, 1.82) is 0 Å². The van der Waals surface area contributed by atoms with Gasteiger partial charge in [0, 0.05) is 12.6 Å². The average Bonchev–Trinajstić information content (AvgIpc) is 2.54. The molecule has 0 aromatic rings. The van der Waals surface area contributed by atoms with Gasteiger partial charge in [-0.05, 0) is 31.1 Å². The minimum absolute atomic E-state index is 0.0625. The summed E-state index contributed by atoms with van der Waals surface area (Å²) < 4.78 is 43.0. The third-order valence-corrected chi connectivity index (χ3v) is 5.59. The highest BCUT2D eigenvalue weighted by atomic mass is 19.4. The molecule has 4 atom stereocenters. The lowest BCUT2D eigenvalue weighted by Crippen LogP contribution is -2.55.